The zero-order valence-corrected chi connectivity index (χ0v) is 17.2. The Bertz CT molecular complexity index is 350. The third-order valence-electron chi connectivity index (χ3n) is 4.07. The van der Waals surface area contributed by atoms with Gasteiger partial charge in [0, 0.05) is 39.1 Å². The van der Waals surface area contributed by atoms with Crippen molar-refractivity contribution in [1.29, 1.82) is 0 Å². The molecule has 2 N–H and O–H groups in total. The van der Waals surface area contributed by atoms with E-state index in [1.807, 2.05) is 18.7 Å². The highest BCUT2D eigenvalue weighted by atomic mass is 16.2. The van der Waals surface area contributed by atoms with Crippen molar-refractivity contribution in [2.75, 3.05) is 52.4 Å². The minimum absolute atomic E-state index is 0.197. The fraction of sp³-hybridized carbons (Fsp3) is 0.895. The fourth-order valence-electron chi connectivity index (χ4n) is 2.82. The summed E-state index contributed by atoms with van der Waals surface area (Å²) in [5, 5.41) is 6.52. The van der Waals surface area contributed by atoms with Gasteiger partial charge in [0.15, 0.2) is 5.96 Å². The normalized spacial score (nSPS) is 11.7. The second kappa shape index (κ2) is 16.2. The smallest absolute Gasteiger partial charge is 0.224 e. The van der Waals surface area contributed by atoms with Crippen LogP contribution in [0.5, 0.6) is 0 Å². The lowest BCUT2D eigenvalue weighted by Gasteiger charge is -2.20. The summed E-state index contributed by atoms with van der Waals surface area (Å²) in [6.07, 6.45) is 3.98. The van der Waals surface area contributed by atoms with Crippen LogP contribution in [0.15, 0.2) is 4.99 Å². The van der Waals surface area contributed by atoms with Gasteiger partial charge in [0.25, 0.3) is 0 Å². The van der Waals surface area contributed by atoms with Gasteiger partial charge in [0.2, 0.25) is 5.91 Å². The van der Waals surface area contributed by atoms with Crippen LogP contribution in [0, 0.1) is 0 Å². The summed E-state index contributed by atoms with van der Waals surface area (Å²) in [6.45, 7) is 17.8. The topological polar surface area (TPSA) is 60.0 Å². The Balaban J connectivity index is 4.21. The van der Waals surface area contributed by atoms with Crippen molar-refractivity contribution in [3.63, 3.8) is 0 Å². The van der Waals surface area contributed by atoms with Gasteiger partial charge in [-0.3, -0.25) is 9.79 Å². The van der Waals surface area contributed by atoms with Crippen LogP contribution in [0.2, 0.25) is 0 Å². The Hall–Kier alpha value is -1.30. The molecule has 0 bridgehead atoms. The Morgan fingerprint density at radius 1 is 0.920 bits per heavy atom. The Labute approximate surface area is 155 Å². The summed E-state index contributed by atoms with van der Waals surface area (Å²) in [7, 11) is 0. The molecule has 0 radical (unpaired) electrons. The summed E-state index contributed by atoms with van der Waals surface area (Å²) < 4.78 is 0. The average molecular weight is 356 g/mol. The van der Waals surface area contributed by atoms with Gasteiger partial charge in [0.05, 0.1) is 0 Å². The standard InChI is InChI=1S/C19H41N5O/c1-6-15-23(16-7-2)17-11-13-21-19(20-8-3)22-14-12-18(25)24(9-4)10-5/h6-17H2,1-5H3,(H2,20,21,22). The van der Waals surface area contributed by atoms with Gasteiger partial charge in [-0.05, 0) is 59.7 Å². The van der Waals surface area contributed by atoms with Gasteiger partial charge >= 0.3 is 0 Å². The van der Waals surface area contributed by atoms with Gasteiger partial charge in [-0.15, -0.1) is 0 Å². The number of hydrogen-bond donors (Lipinski definition) is 2. The third kappa shape index (κ3) is 11.8. The number of rotatable bonds is 14. The van der Waals surface area contributed by atoms with Crippen molar-refractivity contribution in [1.82, 2.24) is 20.4 Å². The van der Waals surface area contributed by atoms with Crippen LogP contribution in [0.4, 0.5) is 0 Å². The van der Waals surface area contributed by atoms with E-state index in [-0.39, 0.29) is 5.91 Å². The molecule has 0 aliphatic carbocycles. The molecule has 0 aliphatic rings. The zero-order chi connectivity index (χ0) is 18.9. The van der Waals surface area contributed by atoms with Crippen LogP contribution in [-0.2, 0) is 4.79 Å². The number of carbonyl (C=O) groups is 1. The molecule has 148 valence electrons. The van der Waals surface area contributed by atoms with E-state index in [0.717, 1.165) is 45.1 Å². The first-order valence-corrected chi connectivity index (χ1v) is 10.1. The van der Waals surface area contributed by atoms with E-state index in [1.165, 1.54) is 25.9 Å². The molecule has 0 saturated carbocycles. The van der Waals surface area contributed by atoms with Crippen molar-refractivity contribution in [2.24, 2.45) is 4.99 Å². The number of aliphatic imine (C=N–C) groups is 1. The molecule has 0 rings (SSSR count). The summed E-state index contributed by atoms with van der Waals surface area (Å²) in [6, 6.07) is 0. The first-order valence-electron chi connectivity index (χ1n) is 10.1. The second-order valence-electron chi connectivity index (χ2n) is 6.20. The molecule has 6 heteroatoms. The Morgan fingerprint density at radius 3 is 2.08 bits per heavy atom. The van der Waals surface area contributed by atoms with E-state index in [4.69, 9.17) is 0 Å². The first kappa shape index (κ1) is 23.7. The zero-order valence-electron chi connectivity index (χ0n) is 17.2. The van der Waals surface area contributed by atoms with Crippen LogP contribution >= 0.6 is 0 Å². The highest BCUT2D eigenvalue weighted by molar-refractivity contribution is 5.81. The molecule has 0 aromatic heterocycles. The molecule has 0 heterocycles. The second-order valence-corrected chi connectivity index (χ2v) is 6.20. The molecule has 0 aromatic carbocycles. The molecule has 0 saturated heterocycles. The van der Waals surface area contributed by atoms with Crippen molar-refractivity contribution >= 4 is 11.9 Å². The molecule has 0 atom stereocenters. The Morgan fingerprint density at radius 2 is 1.56 bits per heavy atom. The Kier molecular flexibility index (Phi) is 15.3. The number of guanidine groups is 1. The lowest BCUT2D eigenvalue weighted by molar-refractivity contribution is -0.130. The molecule has 6 nitrogen and oxygen atoms in total. The number of amides is 1. The van der Waals surface area contributed by atoms with E-state index in [9.17, 15) is 4.79 Å². The van der Waals surface area contributed by atoms with Crippen LogP contribution in [0.3, 0.4) is 0 Å². The van der Waals surface area contributed by atoms with Gasteiger partial charge in [-0.2, -0.15) is 0 Å². The molecular formula is C19H41N5O. The van der Waals surface area contributed by atoms with E-state index in [0.29, 0.717) is 13.0 Å². The SMILES string of the molecule is CCCN(CCC)CCCN=C(NCC)NCCC(=O)N(CC)CC. The summed E-state index contributed by atoms with van der Waals surface area (Å²) in [4.78, 5) is 21.0. The van der Waals surface area contributed by atoms with Gasteiger partial charge in [-0.25, -0.2) is 0 Å². The van der Waals surface area contributed by atoms with Crippen molar-refractivity contribution in [3.8, 4) is 0 Å². The van der Waals surface area contributed by atoms with E-state index in [2.05, 4.69) is 41.3 Å². The third-order valence-corrected chi connectivity index (χ3v) is 4.07. The number of nitrogens with zero attached hydrogens (tertiary/aromatic N) is 3. The van der Waals surface area contributed by atoms with E-state index >= 15 is 0 Å². The highest BCUT2D eigenvalue weighted by Crippen LogP contribution is 1.97. The van der Waals surface area contributed by atoms with Crippen molar-refractivity contribution < 1.29 is 4.79 Å². The molecule has 0 aliphatic heterocycles. The molecule has 0 aromatic rings. The summed E-state index contributed by atoms with van der Waals surface area (Å²) in [5.41, 5.74) is 0. The molecule has 0 fully saturated rings. The van der Waals surface area contributed by atoms with Crippen molar-refractivity contribution in [3.05, 3.63) is 0 Å². The predicted octanol–water partition coefficient (Wildman–Crippen LogP) is 2.31. The fourth-order valence-corrected chi connectivity index (χ4v) is 2.82. The lowest BCUT2D eigenvalue weighted by Crippen LogP contribution is -2.40. The molecular weight excluding hydrogens is 314 g/mol. The highest BCUT2D eigenvalue weighted by Gasteiger charge is 2.09. The van der Waals surface area contributed by atoms with Crippen LogP contribution in [0.1, 0.15) is 60.3 Å². The first-order chi connectivity index (χ1) is 12.1. The van der Waals surface area contributed by atoms with Crippen molar-refractivity contribution in [2.45, 2.75) is 60.3 Å². The van der Waals surface area contributed by atoms with Gasteiger partial charge in [0.1, 0.15) is 0 Å². The van der Waals surface area contributed by atoms with Crippen LogP contribution in [-0.4, -0.2) is 74.0 Å². The lowest BCUT2D eigenvalue weighted by atomic mass is 10.3. The van der Waals surface area contributed by atoms with E-state index < -0.39 is 0 Å². The minimum atomic E-state index is 0.197. The average Bonchev–Trinajstić information content (AvgIpc) is 2.60. The quantitative estimate of drug-likeness (QED) is 0.285. The van der Waals surface area contributed by atoms with Gasteiger partial charge in [-0.1, -0.05) is 13.8 Å². The molecule has 0 spiro atoms. The molecule has 0 unspecified atom stereocenters. The summed E-state index contributed by atoms with van der Waals surface area (Å²) >= 11 is 0. The number of carbonyl (C=O) groups excluding carboxylic acids is 1. The summed E-state index contributed by atoms with van der Waals surface area (Å²) in [5.74, 6) is 1.01. The monoisotopic (exact) mass is 355 g/mol. The van der Waals surface area contributed by atoms with Crippen LogP contribution in [0.25, 0.3) is 0 Å². The van der Waals surface area contributed by atoms with E-state index in [1.54, 1.807) is 0 Å². The van der Waals surface area contributed by atoms with Crippen LogP contribution < -0.4 is 10.6 Å². The number of hydrogen-bond acceptors (Lipinski definition) is 3. The molecule has 1 amide bonds. The maximum absolute atomic E-state index is 12.0. The molecule has 25 heavy (non-hydrogen) atoms. The largest absolute Gasteiger partial charge is 0.357 e. The minimum Gasteiger partial charge on any atom is -0.357 e. The maximum Gasteiger partial charge on any atom is 0.224 e. The predicted molar refractivity (Wildman–Crippen MR) is 108 cm³/mol. The number of nitrogens with one attached hydrogen (secondary N) is 2. The maximum atomic E-state index is 12.0. The van der Waals surface area contributed by atoms with Gasteiger partial charge < -0.3 is 20.4 Å².